The number of piperazine rings is 1. The molecule has 1 amide bonds. The van der Waals surface area contributed by atoms with Crippen molar-refractivity contribution >= 4 is 39.7 Å². The SMILES string of the molecule is O=C(COc1cccc2ccccc12)Nc1ccc(N2CCN(Cc3ccccc3Cl)CC2)cc1. The number of ether oxygens (including phenoxy) is 1. The lowest BCUT2D eigenvalue weighted by atomic mass is 10.1. The maximum absolute atomic E-state index is 12.5. The average Bonchev–Trinajstić information content (AvgIpc) is 2.90. The highest BCUT2D eigenvalue weighted by Gasteiger charge is 2.18. The zero-order valence-electron chi connectivity index (χ0n) is 19.5. The van der Waals surface area contributed by atoms with Gasteiger partial charge in [-0.05, 0) is 47.3 Å². The lowest BCUT2D eigenvalue weighted by Gasteiger charge is -2.36. The van der Waals surface area contributed by atoms with E-state index in [2.05, 4.69) is 33.3 Å². The number of benzene rings is 4. The Labute approximate surface area is 210 Å². The molecule has 178 valence electrons. The number of nitrogens with zero attached hydrogens (tertiary/aromatic N) is 2. The third-order valence-electron chi connectivity index (χ3n) is 6.35. The van der Waals surface area contributed by atoms with Gasteiger partial charge in [0.1, 0.15) is 5.75 Å². The van der Waals surface area contributed by atoms with Gasteiger partial charge in [0.2, 0.25) is 0 Å². The van der Waals surface area contributed by atoms with Gasteiger partial charge in [0.15, 0.2) is 6.61 Å². The highest BCUT2D eigenvalue weighted by atomic mass is 35.5. The largest absolute Gasteiger partial charge is 0.483 e. The van der Waals surface area contributed by atoms with Gasteiger partial charge >= 0.3 is 0 Å². The number of anilines is 2. The molecule has 1 fully saturated rings. The molecule has 0 aromatic heterocycles. The van der Waals surface area contributed by atoms with E-state index in [-0.39, 0.29) is 12.5 Å². The second kappa shape index (κ2) is 10.8. The fraction of sp³-hybridized carbons (Fsp3) is 0.207. The van der Waals surface area contributed by atoms with Crippen LogP contribution < -0.4 is 15.0 Å². The van der Waals surface area contributed by atoms with Gasteiger partial charge < -0.3 is 15.0 Å². The summed E-state index contributed by atoms with van der Waals surface area (Å²) in [7, 11) is 0. The van der Waals surface area contributed by atoms with Gasteiger partial charge in [0.05, 0.1) is 0 Å². The third-order valence-corrected chi connectivity index (χ3v) is 6.72. The Morgan fingerprint density at radius 3 is 2.34 bits per heavy atom. The van der Waals surface area contributed by atoms with E-state index in [0.29, 0.717) is 5.75 Å². The Morgan fingerprint density at radius 1 is 0.829 bits per heavy atom. The van der Waals surface area contributed by atoms with E-state index in [1.807, 2.05) is 72.8 Å². The van der Waals surface area contributed by atoms with Crippen molar-refractivity contribution in [3.8, 4) is 5.75 Å². The van der Waals surface area contributed by atoms with Crippen molar-refractivity contribution in [2.24, 2.45) is 0 Å². The van der Waals surface area contributed by atoms with Crippen LogP contribution in [0.15, 0.2) is 91.0 Å². The van der Waals surface area contributed by atoms with Gasteiger partial charge in [0.25, 0.3) is 5.91 Å². The maximum Gasteiger partial charge on any atom is 0.262 e. The summed E-state index contributed by atoms with van der Waals surface area (Å²) in [6, 6.07) is 29.9. The van der Waals surface area contributed by atoms with Crippen LogP contribution in [0.2, 0.25) is 5.02 Å². The zero-order chi connectivity index (χ0) is 24.0. The quantitative estimate of drug-likeness (QED) is 0.357. The Bertz CT molecular complexity index is 1300. The summed E-state index contributed by atoms with van der Waals surface area (Å²) in [5.74, 6) is 0.529. The summed E-state index contributed by atoms with van der Waals surface area (Å²) in [4.78, 5) is 17.3. The van der Waals surface area contributed by atoms with Crippen molar-refractivity contribution in [2.75, 3.05) is 43.0 Å². The van der Waals surface area contributed by atoms with Crippen molar-refractivity contribution in [2.45, 2.75) is 6.54 Å². The summed E-state index contributed by atoms with van der Waals surface area (Å²) in [6.45, 7) is 4.71. The number of rotatable bonds is 7. The number of carbonyl (C=O) groups is 1. The molecule has 0 unspecified atom stereocenters. The molecule has 4 aromatic carbocycles. The molecule has 1 heterocycles. The zero-order valence-corrected chi connectivity index (χ0v) is 20.2. The number of fused-ring (bicyclic) bond motifs is 1. The molecule has 0 spiro atoms. The molecule has 1 aliphatic rings. The van der Waals surface area contributed by atoms with Crippen LogP contribution in [0.4, 0.5) is 11.4 Å². The molecule has 4 aromatic rings. The van der Waals surface area contributed by atoms with Crippen LogP contribution >= 0.6 is 11.6 Å². The van der Waals surface area contributed by atoms with Crippen LogP contribution in [-0.4, -0.2) is 43.6 Å². The summed E-state index contributed by atoms with van der Waals surface area (Å²) in [5.41, 5.74) is 3.09. The minimum absolute atomic E-state index is 0.0385. The van der Waals surface area contributed by atoms with Crippen molar-refractivity contribution < 1.29 is 9.53 Å². The standard InChI is InChI=1S/C29H28ClN3O2/c30-27-10-4-2-7-23(27)20-32-16-18-33(19-17-32)25-14-12-24(13-15-25)31-29(34)21-35-28-11-5-8-22-6-1-3-9-26(22)28/h1-15H,16-21H2,(H,31,34). The molecular weight excluding hydrogens is 458 g/mol. The molecule has 1 N–H and O–H groups in total. The maximum atomic E-state index is 12.5. The van der Waals surface area contributed by atoms with Crippen LogP contribution in [-0.2, 0) is 11.3 Å². The van der Waals surface area contributed by atoms with Crippen LogP contribution in [0.5, 0.6) is 5.75 Å². The molecular formula is C29H28ClN3O2. The molecule has 0 saturated carbocycles. The van der Waals surface area contributed by atoms with Gasteiger partial charge in [-0.2, -0.15) is 0 Å². The van der Waals surface area contributed by atoms with Gasteiger partial charge in [-0.3, -0.25) is 9.69 Å². The number of nitrogens with one attached hydrogen (secondary N) is 1. The molecule has 35 heavy (non-hydrogen) atoms. The predicted octanol–water partition coefficient (Wildman–Crippen LogP) is 5.83. The molecule has 0 atom stereocenters. The summed E-state index contributed by atoms with van der Waals surface area (Å²) in [5, 5.41) is 5.84. The van der Waals surface area contributed by atoms with Gasteiger partial charge in [0, 0.05) is 54.5 Å². The highest BCUT2D eigenvalue weighted by molar-refractivity contribution is 6.31. The number of hydrogen-bond acceptors (Lipinski definition) is 4. The third kappa shape index (κ3) is 5.76. The minimum atomic E-state index is -0.182. The number of amides is 1. The van der Waals surface area contributed by atoms with E-state index < -0.39 is 0 Å². The van der Waals surface area contributed by atoms with Gasteiger partial charge in [-0.25, -0.2) is 0 Å². The van der Waals surface area contributed by atoms with Crippen LogP contribution in [0.1, 0.15) is 5.56 Å². The molecule has 1 aliphatic heterocycles. The van der Waals surface area contributed by atoms with E-state index in [4.69, 9.17) is 16.3 Å². The second-order valence-electron chi connectivity index (χ2n) is 8.72. The molecule has 1 saturated heterocycles. The Hall–Kier alpha value is -3.54. The first kappa shape index (κ1) is 23.2. The fourth-order valence-corrected chi connectivity index (χ4v) is 4.64. The Morgan fingerprint density at radius 2 is 1.54 bits per heavy atom. The fourth-order valence-electron chi connectivity index (χ4n) is 4.45. The monoisotopic (exact) mass is 485 g/mol. The van der Waals surface area contributed by atoms with Crippen molar-refractivity contribution in [1.82, 2.24) is 4.90 Å². The summed E-state index contributed by atoms with van der Waals surface area (Å²) >= 11 is 6.32. The molecule has 5 nitrogen and oxygen atoms in total. The van der Waals surface area contributed by atoms with Crippen molar-refractivity contribution in [3.05, 3.63) is 102 Å². The first-order valence-electron chi connectivity index (χ1n) is 11.9. The Kier molecular flexibility index (Phi) is 7.17. The molecule has 0 bridgehead atoms. The van der Waals surface area contributed by atoms with E-state index in [9.17, 15) is 4.79 Å². The van der Waals surface area contributed by atoms with E-state index in [1.165, 1.54) is 5.56 Å². The molecule has 5 rings (SSSR count). The summed E-state index contributed by atoms with van der Waals surface area (Å²) < 4.78 is 5.80. The van der Waals surface area contributed by atoms with Gasteiger partial charge in [-0.15, -0.1) is 0 Å². The van der Waals surface area contributed by atoms with Gasteiger partial charge in [-0.1, -0.05) is 66.2 Å². The van der Waals surface area contributed by atoms with E-state index in [0.717, 1.165) is 59.9 Å². The lowest BCUT2D eigenvalue weighted by molar-refractivity contribution is -0.118. The predicted molar refractivity (Wildman–Crippen MR) is 143 cm³/mol. The lowest BCUT2D eigenvalue weighted by Crippen LogP contribution is -2.46. The molecule has 0 radical (unpaired) electrons. The first-order chi connectivity index (χ1) is 17.2. The van der Waals surface area contributed by atoms with Crippen molar-refractivity contribution in [1.29, 1.82) is 0 Å². The number of carbonyl (C=O) groups excluding carboxylic acids is 1. The first-order valence-corrected chi connectivity index (χ1v) is 12.2. The van der Waals surface area contributed by atoms with Crippen LogP contribution in [0, 0.1) is 0 Å². The van der Waals surface area contributed by atoms with E-state index in [1.54, 1.807) is 0 Å². The number of hydrogen-bond donors (Lipinski definition) is 1. The highest BCUT2D eigenvalue weighted by Crippen LogP contribution is 2.25. The van der Waals surface area contributed by atoms with E-state index >= 15 is 0 Å². The van der Waals surface area contributed by atoms with Crippen molar-refractivity contribution in [3.63, 3.8) is 0 Å². The minimum Gasteiger partial charge on any atom is -0.483 e. The normalized spacial score (nSPS) is 14.1. The average molecular weight is 486 g/mol. The smallest absolute Gasteiger partial charge is 0.262 e. The number of halogens is 1. The van der Waals surface area contributed by atoms with Crippen LogP contribution in [0.25, 0.3) is 10.8 Å². The topological polar surface area (TPSA) is 44.8 Å². The molecule has 0 aliphatic carbocycles. The molecule has 6 heteroatoms. The summed E-state index contributed by atoms with van der Waals surface area (Å²) in [6.07, 6.45) is 0. The Balaban J connectivity index is 1.11. The second-order valence-corrected chi connectivity index (χ2v) is 9.12. The van der Waals surface area contributed by atoms with Crippen LogP contribution in [0.3, 0.4) is 0 Å².